The second-order valence-corrected chi connectivity index (χ2v) is 13.2. The number of nitrogens with one attached hydrogen (secondary N) is 4. The lowest BCUT2D eigenvalue weighted by atomic mass is 9.85. The zero-order chi connectivity index (χ0) is 35.6. The highest BCUT2D eigenvalue weighted by molar-refractivity contribution is 6.00. The van der Waals surface area contributed by atoms with Crippen LogP contribution in [0.25, 0.3) is 0 Å². The van der Waals surface area contributed by atoms with Crippen LogP contribution in [0.3, 0.4) is 0 Å². The molecule has 0 bridgehead atoms. The lowest BCUT2D eigenvalue weighted by molar-refractivity contribution is -0.140. The van der Waals surface area contributed by atoms with Gasteiger partial charge < -0.3 is 36.4 Å². The SMILES string of the molecule is C[C@@H]1C[C@@H](O)CN1C(=O)[C@@H](NC(=O)CCCNCc1cccc(C#Cc2cc(NC(=O)Nc3cc(F)ncc3CO)ccn2)c1)C(C)(C)C. The third kappa shape index (κ3) is 11.1. The second kappa shape index (κ2) is 17.0. The van der Waals surface area contributed by atoms with Crippen molar-refractivity contribution in [3.63, 3.8) is 0 Å². The van der Waals surface area contributed by atoms with Crippen molar-refractivity contribution in [3.8, 4) is 11.8 Å². The first-order valence-corrected chi connectivity index (χ1v) is 16.2. The molecule has 0 aliphatic carbocycles. The summed E-state index contributed by atoms with van der Waals surface area (Å²) < 4.78 is 13.5. The van der Waals surface area contributed by atoms with E-state index in [1.807, 2.05) is 52.0 Å². The minimum absolute atomic E-state index is 0.0700. The van der Waals surface area contributed by atoms with Crippen molar-refractivity contribution < 1.29 is 29.0 Å². The summed E-state index contributed by atoms with van der Waals surface area (Å²) in [5, 5.41) is 30.8. The van der Waals surface area contributed by atoms with Crippen molar-refractivity contribution >= 4 is 29.2 Å². The predicted octanol–water partition coefficient (Wildman–Crippen LogP) is 3.53. The number of urea groups is 1. The van der Waals surface area contributed by atoms with Gasteiger partial charge in [0, 0.05) is 60.8 Å². The summed E-state index contributed by atoms with van der Waals surface area (Å²) in [6.07, 6.45) is 3.51. The molecule has 6 N–H and O–H groups in total. The fourth-order valence-corrected chi connectivity index (χ4v) is 5.42. The van der Waals surface area contributed by atoms with Crippen LogP contribution < -0.4 is 21.3 Å². The third-order valence-corrected chi connectivity index (χ3v) is 7.99. The number of rotatable bonds is 11. The quantitative estimate of drug-likeness (QED) is 0.102. The molecular formula is C36H44FN7O5. The number of amides is 4. The minimum atomic E-state index is -0.788. The van der Waals surface area contributed by atoms with Gasteiger partial charge in [-0.15, -0.1) is 0 Å². The Hall–Kier alpha value is -4.90. The molecule has 0 saturated carbocycles. The molecule has 1 aromatic carbocycles. The standard InChI is InChI=1S/C36H44FN7O5/c1-23-15-29(46)21-44(23)34(48)33(36(2,3)4)43-32(47)9-6-13-38-19-25-8-5-7-24(16-25)10-11-27-17-28(12-14-39-27)41-35(49)42-30-18-31(37)40-20-26(30)22-45/h5,7-8,12,14,16-18,20,23,29,33,38,45-46H,6,9,13,15,19,21-22H2,1-4H3,(H,43,47)(H2,39,40,41,42,49)/t23-,29-,33-/m1/s1. The maximum atomic E-state index is 13.5. The molecule has 49 heavy (non-hydrogen) atoms. The van der Waals surface area contributed by atoms with Crippen LogP contribution in [0.2, 0.25) is 0 Å². The molecule has 1 fully saturated rings. The molecule has 2 aromatic heterocycles. The maximum Gasteiger partial charge on any atom is 0.323 e. The summed E-state index contributed by atoms with van der Waals surface area (Å²) in [6.45, 7) is 8.72. The minimum Gasteiger partial charge on any atom is -0.392 e. The molecule has 1 aliphatic heterocycles. The molecule has 13 heteroatoms. The van der Waals surface area contributed by atoms with Gasteiger partial charge in [0.1, 0.15) is 11.7 Å². The molecule has 4 amide bonds. The molecule has 0 radical (unpaired) electrons. The Morgan fingerprint density at radius 2 is 1.90 bits per heavy atom. The summed E-state index contributed by atoms with van der Waals surface area (Å²) in [5.41, 5.74) is 2.52. The smallest absolute Gasteiger partial charge is 0.323 e. The second-order valence-electron chi connectivity index (χ2n) is 13.2. The third-order valence-electron chi connectivity index (χ3n) is 7.99. The average Bonchev–Trinajstić information content (AvgIpc) is 3.39. The predicted molar refractivity (Wildman–Crippen MR) is 184 cm³/mol. The van der Waals surface area contributed by atoms with Crippen molar-refractivity contribution in [2.75, 3.05) is 23.7 Å². The molecule has 260 valence electrons. The first-order chi connectivity index (χ1) is 23.3. The van der Waals surface area contributed by atoms with Crippen LogP contribution in [0.1, 0.15) is 69.3 Å². The molecule has 1 saturated heterocycles. The molecule has 3 heterocycles. The number of hydrogen-bond donors (Lipinski definition) is 6. The molecule has 3 atom stereocenters. The zero-order valence-electron chi connectivity index (χ0n) is 28.2. The largest absolute Gasteiger partial charge is 0.392 e. The van der Waals surface area contributed by atoms with Gasteiger partial charge in [-0.1, -0.05) is 38.8 Å². The fraction of sp³-hybridized carbons (Fsp3) is 0.417. The number of likely N-dealkylation sites (tertiary alicyclic amines) is 1. The van der Waals surface area contributed by atoms with Crippen molar-refractivity contribution in [1.29, 1.82) is 0 Å². The van der Waals surface area contributed by atoms with E-state index in [4.69, 9.17) is 0 Å². The van der Waals surface area contributed by atoms with E-state index in [1.54, 1.807) is 17.0 Å². The first kappa shape index (κ1) is 36.9. The van der Waals surface area contributed by atoms with Crippen LogP contribution in [-0.2, 0) is 22.7 Å². The van der Waals surface area contributed by atoms with Crippen molar-refractivity contribution in [1.82, 2.24) is 25.5 Å². The van der Waals surface area contributed by atoms with Crippen LogP contribution in [0.5, 0.6) is 0 Å². The molecule has 0 spiro atoms. The van der Waals surface area contributed by atoms with E-state index in [0.717, 1.165) is 23.4 Å². The summed E-state index contributed by atoms with van der Waals surface area (Å²) in [7, 11) is 0. The van der Waals surface area contributed by atoms with E-state index in [0.29, 0.717) is 37.3 Å². The van der Waals surface area contributed by atoms with Crippen LogP contribution in [0, 0.1) is 23.2 Å². The van der Waals surface area contributed by atoms with Gasteiger partial charge in [0.2, 0.25) is 17.8 Å². The number of β-amino-alcohol motifs (C(OH)–C–C–N with tert-alkyl or cyclic N) is 1. The van der Waals surface area contributed by atoms with E-state index >= 15 is 0 Å². The van der Waals surface area contributed by atoms with Crippen LogP contribution in [0.15, 0.2) is 54.9 Å². The van der Waals surface area contributed by atoms with Crippen molar-refractivity contribution in [2.45, 2.75) is 78.3 Å². The monoisotopic (exact) mass is 673 g/mol. The number of aliphatic hydroxyl groups excluding tert-OH is 2. The number of nitrogens with zero attached hydrogens (tertiary/aromatic N) is 3. The van der Waals surface area contributed by atoms with E-state index in [9.17, 15) is 29.0 Å². The Kier molecular flexibility index (Phi) is 12.8. The van der Waals surface area contributed by atoms with Gasteiger partial charge in [-0.3, -0.25) is 9.59 Å². The average molecular weight is 674 g/mol. The molecule has 1 aliphatic rings. The number of aliphatic hydroxyl groups is 2. The number of aromatic nitrogens is 2. The van der Waals surface area contributed by atoms with Gasteiger partial charge in [0.05, 0.1) is 18.4 Å². The van der Waals surface area contributed by atoms with Crippen LogP contribution >= 0.6 is 0 Å². The van der Waals surface area contributed by atoms with Gasteiger partial charge in [0.15, 0.2) is 0 Å². The summed E-state index contributed by atoms with van der Waals surface area (Å²) >= 11 is 0. The number of carbonyl (C=O) groups excluding carboxylic acids is 3. The Morgan fingerprint density at radius 3 is 2.61 bits per heavy atom. The number of anilines is 2. The van der Waals surface area contributed by atoms with Gasteiger partial charge in [-0.05, 0) is 67.5 Å². The van der Waals surface area contributed by atoms with Crippen molar-refractivity contribution in [3.05, 3.63) is 83.2 Å². The van der Waals surface area contributed by atoms with Gasteiger partial charge >= 0.3 is 6.03 Å². The highest BCUT2D eigenvalue weighted by atomic mass is 19.1. The number of halogens is 1. The summed E-state index contributed by atoms with van der Waals surface area (Å²) in [6, 6.07) is 10.5. The Labute approximate surface area is 285 Å². The number of hydrogen-bond acceptors (Lipinski definition) is 8. The van der Waals surface area contributed by atoms with E-state index in [1.165, 1.54) is 6.20 Å². The van der Waals surface area contributed by atoms with Crippen LogP contribution in [-0.4, -0.2) is 74.2 Å². The van der Waals surface area contributed by atoms with E-state index in [2.05, 4.69) is 43.1 Å². The topological polar surface area (TPSA) is 169 Å². The Morgan fingerprint density at radius 1 is 1.10 bits per heavy atom. The summed E-state index contributed by atoms with van der Waals surface area (Å²) in [5.74, 6) is 4.94. The normalized spacial score (nSPS) is 16.3. The summed E-state index contributed by atoms with van der Waals surface area (Å²) in [4.78, 5) is 47.9. The molecule has 0 unspecified atom stereocenters. The van der Waals surface area contributed by atoms with Crippen LogP contribution in [0.4, 0.5) is 20.6 Å². The Balaban J connectivity index is 1.24. The zero-order valence-corrected chi connectivity index (χ0v) is 28.2. The maximum absolute atomic E-state index is 13.5. The molecular weight excluding hydrogens is 629 g/mol. The van der Waals surface area contributed by atoms with Gasteiger partial charge in [0.25, 0.3) is 0 Å². The van der Waals surface area contributed by atoms with Gasteiger partial charge in [-0.25, -0.2) is 14.8 Å². The first-order valence-electron chi connectivity index (χ1n) is 16.2. The lowest BCUT2D eigenvalue weighted by Crippen LogP contribution is -2.55. The number of carbonyl (C=O) groups is 3. The van der Waals surface area contributed by atoms with E-state index < -0.39 is 36.1 Å². The molecule has 12 nitrogen and oxygen atoms in total. The van der Waals surface area contributed by atoms with E-state index in [-0.39, 0.29) is 42.1 Å². The number of pyridine rings is 2. The van der Waals surface area contributed by atoms with Gasteiger partial charge in [-0.2, -0.15) is 4.39 Å². The lowest BCUT2D eigenvalue weighted by Gasteiger charge is -2.35. The Bertz CT molecular complexity index is 1700. The fourth-order valence-electron chi connectivity index (χ4n) is 5.42. The number of benzene rings is 1. The highest BCUT2D eigenvalue weighted by Crippen LogP contribution is 2.26. The van der Waals surface area contributed by atoms with Crippen molar-refractivity contribution in [2.24, 2.45) is 5.41 Å². The molecule has 4 rings (SSSR count). The highest BCUT2D eigenvalue weighted by Gasteiger charge is 2.40. The molecule has 3 aromatic rings.